The van der Waals surface area contributed by atoms with Crippen LogP contribution in [0.15, 0.2) is 6.20 Å². The van der Waals surface area contributed by atoms with Crippen molar-refractivity contribution in [2.75, 3.05) is 5.32 Å². The van der Waals surface area contributed by atoms with Crippen LogP contribution in [0.3, 0.4) is 0 Å². The molecule has 0 aliphatic rings. The molecule has 6 heteroatoms. The quantitative estimate of drug-likeness (QED) is 0.752. The van der Waals surface area contributed by atoms with Gasteiger partial charge in [0.25, 0.3) is 0 Å². The zero-order chi connectivity index (χ0) is 14.4. The molecule has 1 amide bonds. The van der Waals surface area contributed by atoms with Gasteiger partial charge in [-0.1, -0.05) is 38.9 Å². The van der Waals surface area contributed by atoms with E-state index in [9.17, 15) is 4.79 Å². The third-order valence-electron chi connectivity index (χ3n) is 3.22. The van der Waals surface area contributed by atoms with Crippen LogP contribution < -0.4 is 11.1 Å². The summed E-state index contributed by atoms with van der Waals surface area (Å²) < 4.78 is 1.58. The number of anilines is 1. The van der Waals surface area contributed by atoms with Gasteiger partial charge in [0.1, 0.15) is 10.8 Å². The summed E-state index contributed by atoms with van der Waals surface area (Å²) in [6, 6.07) is 0. The van der Waals surface area contributed by atoms with Crippen LogP contribution >= 0.6 is 12.2 Å². The van der Waals surface area contributed by atoms with Gasteiger partial charge < -0.3 is 11.1 Å². The lowest BCUT2D eigenvalue weighted by molar-refractivity contribution is -0.120. The van der Waals surface area contributed by atoms with Crippen LogP contribution in [-0.2, 0) is 11.8 Å². The zero-order valence-electron chi connectivity index (χ0n) is 11.8. The molecule has 0 spiro atoms. The predicted molar refractivity (Wildman–Crippen MR) is 81.0 cm³/mol. The highest BCUT2D eigenvalue weighted by Crippen LogP contribution is 2.18. The van der Waals surface area contributed by atoms with Gasteiger partial charge in [-0.05, 0) is 12.8 Å². The molecule has 1 unspecified atom stereocenters. The number of unbranched alkanes of at least 4 members (excludes halogenated alkanes) is 1. The number of nitrogens with one attached hydrogen (secondary N) is 1. The van der Waals surface area contributed by atoms with Crippen molar-refractivity contribution in [3.8, 4) is 0 Å². The molecule has 0 saturated carbocycles. The Morgan fingerprint density at radius 1 is 1.58 bits per heavy atom. The van der Waals surface area contributed by atoms with Crippen molar-refractivity contribution in [1.82, 2.24) is 9.78 Å². The Labute approximate surface area is 119 Å². The number of thiocarbonyl (C=S) groups is 1. The monoisotopic (exact) mass is 282 g/mol. The molecule has 0 fully saturated rings. The van der Waals surface area contributed by atoms with Crippen LogP contribution in [-0.4, -0.2) is 20.7 Å². The number of hydrogen-bond acceptors (Lipinski definition) is 3. The summed E-state index contributed by atoms with van der Waals surface area (Å²) in [5, 5.41) is 6.97. The lowest BCUT2D eigenvalue weighted by Gasteiger charge is -2.15. The molecule has 0 aliphatic carbocycles. The van der Waals surface area contributed by atoms with Crippen molar-refractivity contribution in [1.29, 1.82) is 0 Å². The smallest absolute Gasteiger partial charge is 0.228 e. The van der Waals surface area contributed by atoms with Crippen LogP contribution in [0.1, 0.15) is 45.1 Å². The third kappa shape index (κ3) is 4.02. The minimum atomic E-state index is 0.0112. The van der Waals surface area contributed by atoms with Gasteiger partial charge in [0, 0.05) is 13.0 Å². The Morgan fingerprint density at radius 3 is 2.79 bits per heavy atom. The van der Waals surface area contributed by atoms with E-state index in [0.717, 1.165) is 25.7 Å². The van der Waals surface area contributed by atoms with Crippen molar-refractivity contribution in [2.45, 2.75) is 39.5 Å². The van der Waals surface area contributed by atoms with E-state index in [1.165, 1.54) is 0 Å². The van der Waals surface area contributed by atoms with E-state index in [2.05, 4.69) is 17.3 Å². The minimum absolute atomic E-state index is 0.0112. The highest BCUT2D eigenvalue weighted by Gasteiger charge is 2.19. The summed E-state index contributed by atoms with van der Waals surface area (Å²) in [5.74, 6) is 0.610. The highest BCUT2D eigenvalue weighted by atomic mass is 32.1. The predicted octanol–water partition coefficient (Wildman–Crippen LogP) is 2.21. The Balaban J connectivity index is 2.80. The maximum Gasteiger partial charge on any atom is 0.228 e. The molecule has 0 saturated heterocycles. The average molecular weight is 282 g/mol. The molecule has 1 aromatic heterocycles. The van der Waals surface area contributed by atoms with Crippen LogP contribution in [0, 0.1) is 5.92 Å². The number of amides is 1. The molecule has 1 atom stereocenters. The number of carbonyl (C=O) groups excluding carboxylic acids is 1. The van der Waals surface area contributed by atoms with Gasteiger partial charge in [-0.2, -0.15) is 5.10 Å². The van der Waals surface area contributed by atoms with Crippen LogP contribution in [0.4, 0.5) is 5.82 Å². The fourth-order valence-electron chi connectivity index (χ4n) is 1.96. The van der Waals surface area contributed by atoms with Gasteiger partial charge in [0.15, 0.2) is 0 Å². The first-order valence-corrected chi connectivity index (χ1v) is 7.04. The van der Waals surface area contributed by atoms with E-state index in [0.29, 0.717) is 11.4 Å². The molecule has 0 radical (unpaired) electrons. The van der Waals surface area contributed by atoms with E-state index in [1.807, 2.05) is 6.92 Å². The van der Waals surface area contributed by atoms with Gasteiger partial charge in [-0.15, -0.1) is 0 Å². The summed E-state index contributed by atoms with van der Waals surface area (Å²) in [7, 11) is 1.75. The first-order valence-electron chi connectivity index (χ1n) is 6.63. The van der Waals surface area contributed by atoms with Crippen LogP contribution in [0.5, 0.6) is 0 Å². The SMILES string of the molecule is CCCCC(CC)C(=O)Nc1c(C(N)=S)cnn1C. The number of carbonyl (C=O) groups is 1. The Morgan fingerprint density at radius 2 is 2.26 bits per heavy atom. The van der Waals surface area contributed by atoms with E-state index >= 15 is 0 Å². The Hall–Kier alpha value is -1.43. The molecular formula is C13H22N4OS. The van der Waals surface area contributed by atoms with Crippen molar-refractivity contribution < 1.29 is 4.79 Å². The molecule has 19 heavy (non-hydrogen) atoms. The average Bonchev–Trinajstić information content (AvgIpc) is 2.72. The number of aromatic nitrogens is 2. The molecular weight excluding hydrogens is 260 g/mol. The standard InChI is InChI=1S/C13H22N4OS/c1-4-6-7-9(5-2)13(18)16-12-10(11(14)19)8-15-17(12)3/h8-9H,4-7H2,1-3H3,(H2,14,19)(H,16,18). The fraction of sp³-hybridized carbons (Fsp3) is 0.615. The molecule has 1 heterocycles. The van der Waals surface area contributed by atoms with E-state index in [1.54, 1.807) is 17.9 Å². The van der Waals surface area contributed by atoms with Crippen molar-refractivity contribution >= 4 is 28.9 Å². The first-order chi connectivity index (χ1) is 9.01. The molecule has 1 rings (SSSR count). The van der Waals surface area contributed by atoms with E-state index in [-0.39, 0.29) is 16.8 Å². The summed E-state index contributed by atoms with van der Waals surface area (Å²) in [6.45, 7) is 4.15. The van der Waals surface area contributed by atoms with E-state index < -0.39 is 0 Å². The number of hydrogen-bond donors (Lipinski definition) is 2. The summed E-state index contributed by atoms with van der Waals surface area (Å²) >= 11 is 4.95. The topological polar surface area (TPSA) is 72.9 Å². The molecule has 3 N–H and O–H groups in total. The second kappa shape index (κ2) is 7.23. The fourth-order valence-corrected chi connectivity index (χ4v) is 2.11. The number of nitrogens with two attached hydrogens (primary N) is 1. The Bertz CT molecular complexity index is 455. The maximum absolute atomic E-state index is 12.2. The number of aryl methyl sites for hydroxylation is 1. The van der Waals surface area contributed by atoms with Crippen molar-refractivity contribution in [3.05, 3.63) is 11.8 Å². The first kappa shape index (κ1) is 15.6. The van der Waals surface area contributed by atoms with E-state index in [4.69, 9.17) is 18.0 Å². The molecule has 0 aromatic carbocycles. The summed E-state index contributed by atoms with van der Waals surface area (Å²) in [6.07, 6.45) is 5.45. The summed E-state index contributed by atoms with van der Waals surface area (Å²) in [5.41, 5.74) is 6.23. The lowest BCUT2D eigenvalue weighted by Crippen LogP contribution is -2.25. The number of nitrogens with zero attached hydrogens (tertiary/aromatic N) is 2. The van der Waals surface area contributed by atoms with Gasteiger partial charge >= 0.3 is 0 Å². The summed E-state index contributed by atoms with van der Waals surface area (Å²) in [4.78, 5) is 12.5. The molecule has 0 bridgehead atoms. The largest absolute Gasteiger partial charge is 0.389 e. The second-order valence-corrected chi connectivity index (χ2v) is 5.07. The third-order valence-corrected chi connectivity index (χ3v) is 3.44. The molecule has 0 aliphatic heterocycles. The highest BCUT2D eigenvalue weighted by molar-refractivity contribution is 7.80. The van der Waals surface area contributed by atoms with Crippen LogP contribution in [0.2, 0.25) is 0 Å². The zero-order valence-corrected chi connectivity index (χ0v) is 12.6. The van der Waals surface area contributed by atoms with Crippen molar-refractivity contribution in [2.24, 2.45) is 18.7 Å². The maximum atomic E-state index is 12.2. The normalized spacial score (nSPS) is 12.2. The molecule has 106 valence electrons. The van der Waals surface area contributed by atoms with Gasteiger partial charge in [0.2, 0.25) is 5.91 Å². The van der Waals surface area contributed by atoms with Gasteiger partial charge in [-0.3, -0.25) is 9.48 Å². The molecule has 5 nitrogen and oxygen atoms in total. The molecule has 1 aromatic rings. The van der Waals surface area contributed by atoms with Crippen LogP contribution in [0.25, 0.3) is 0 Å². The Kier molecular flexibility index (Phi) is 5.95. The number of rotatable bonds is 7. The van der Waals surface area contributed by atoms with Gasteiger partial charge in [0.05, 0.1) is 11.8 Å². The second-order valence-electron chi connectivity index (χ2n) is 4.63. The van der Waals surface area contributed by atoms with Gasteiger partial charge in [-0.25, -0.2) is 0 Å². The minimum Gasteiger partial charge on any atom is -0.389 e. The van der Waals surface area contributed by atoms with Crippen molar-refractivity contribution in [3.63, 3.8) is 0 Å². The lowest BCUT2D eigenvalue weighted by atomic mass is 9.98.